The lowest BCUT2D eigenvalue weighted by Gasteiger charge is -2.30. The highest BCUT2D eigenvalue weighted by atomic mass is 16.6. The smallest absolute Gasteiger partial charge is 0.407 e. The van der Waals surface area contributed by atoms with Gasteiger partial charge in [0.05, 0.1) is 17.7 Å². The van der Waals surface area contributed by atoms with Crippen LogP contribution in [0.1, 0.15) is 80.9 Å². The molecule has 2 heterocycles. The molecule has 2 aliphatic rings. The molecule has 0 aliphatic heterocycles. The summed E-state index contributed by atoms with van der Waals surface area (Å²) < 4.78 is 11.5. The van der Waals surface area contributed by atoms with E-state index in [0.29, 0.717) is 23.6 Å². The van der Waals surface area contributed by atoms with Crippen molar-refractivity contribution in [2.24, 2.45) is 5.92 Å². The third-order valence-corrected chi connectivity index (χ3v) is 7.34. The van der Waals surface area contributed by atoms with Crippen molar-refractivity contribution >= 4 is 23.0 Å². The van der Waals surface area contributed by atoms with Crippen LogP contribution in [0, 0.1) is 19.8 Å². The summed E-state index contributed by atoms with van der Waals surface area (Å²) >= 11 is 0. The van der Waals surface area contributed by atoms with Crippen molar-refractivity contribution in [3.8, 4) is 17.0 Å². The van der Waals surface area contributed by atoms with Crippen molar-refractivity contribution in [1.29, 1.82) is 0 Å². The van der Waals surface area contributed by atoms with E-state index in [1.807, 2.05) is 46.8 Å². The summed E-state index contributed by atoms with van der Waals surface area (Å²) in [5.41, 5.74) is 4.82. The number of hydrogen-bond acceptors (Lipinski definition) is 6. The van der Waals surface area contributed by atoms with Gasteiger partial charge in [-0.05, 0) is 91.2 Å². The van der Waals surface area contributed by atoms with Crippen LogP contribution in [0.25, 0.3) is 22.3 Å². The van der Waals surface area contributed by atoms with Gasteiger partial charge in [-0.25, -0.2) is 14.8 Å². The second-order valence-corrected chi connectivity index (χ2v) is 12.0. The fourth-order valence-electron chi connectivity index (χ4n) is 5.16. The molecule has 0 spiro atoms. The molecular weight excluding hydrogens is 494 g/mol. The first-order chi connectivity index (χ1) is 18.6. The van der Waals surface area contributed by atoms with Gasteiger partial charge in [-0.1, -0.05) is 11.6 Å². The Hall–Kier alpha value is -3.62. The first-order valence-electron chi connectivity index (χ1n) is 13.9. The number of carbonyl (C=O) groups excluding carboxylic acids is 2. The van der Waals surface area contributed by atoms with Crippen molar-refractivity contribution in [3.63, 3.8) is 0 Å². The summed E-state index contributed by atoms with van der Waals surface area (Å²) in [5.74, 6) is 1.28. The molecule has 3 aromatic rings. The number of nitrogens with one attached hydrogen (secondary N) is 3. The van der Waals surface area contributed by atoms with E-state index in [2.05, 4.69) is 31.7 Å². The highest BCUT2D eigenvalue weighted by molar-refractivity contribution is 6.09. The van der Waals surface area contributed by atoms with E-state index >= 15 is 0 Å². The maximum absolute atomic E-state index is 13.5. The van der Waals surface area contributed by atoms with Crippen LogP contribution in [0.2, 0.25) is 0 Å². The number of aromatic nitrogens is 3. The second kappa shape index (κ2) is 10.9. The van der Waals surface area contributed by atoms with Crippen molar-refractivity contribution in [1.82, 2.24) is 25.6 Å². The van der Waals surface area contributed by atoms with Crippen molar-refractivity contribution in [2.45, 2.75) is 90.8 Å². The Labute approximate surface area is 229 Å². The van der Waals surface area contributed by atoms with Crippen LogP contribution in [-0.4, -0.2) is 51.2 Å². The van der Waals surface area contributed by atoms with E-state index in [-0.39, 0.29) is 18.0 Å². The number of fused-ring (bicyclic) bond motifs is 1. The molecule has 0 saturated heterocycles. The van der Waals surface area contributed by atoms with Gasteiger partial charge in [0.1, 0.15) is 28.9 Å². The first-order valence-corrected chi connectivity index (χ1v) is 13.9. The highest BCUT2D eigenvalue weighted by Gasteiger charge is 2.28. The Morgan fingerprint density at radius 3 is 2.36 bits per heavy atom. The van der Waals surface area contributed by atoms with Gasteiger partial charge < -0.3 is 25.1 Å². The standard InChI is InChI=1S/C30H39N5O4/c1-17-6-13-23(38-15-19-7-8-19)22(14-17)25-27-26(32-16-31-25)24(18(2)33-27)28(36)34-20-9-11-21(12-10-20)35-29(37)39-30(3,4)5/h6,13-14,16,19-21,33H,7-12,15H2,1-5H3,(H,34,36)(H,35,37). The zero-order valence-corrected chi connectivity index (χ0v) is 23.5. The average molecular weight is 534 g/mol. The SMILES string of the molecule is Cc1ccc(OCC2CC2)c(-c2ncnc3c(C(=O)NC4CCC(NC(=O)OC(C)(C)C)CC4)c(C)[nH]c23)c1. The zero-order valence-electron chi connectivity index (χ0n) is 23.5. The fraction of sp³-hybridized carbons (Fsp3) is 0.533. The van der Waals surface area contributed by atoms with Gasteiger partial charge in [-0.3, -0.25) is 4.79 Å². The fourth-order valence-corrected chi connectivity index (χ4v) is 5.16. The van der Waals surface area contributed by atoms with Crippen molar-refractivity contribution in [3.05, 3.63) is 41.3 Å². The van der Waals surface area contributed by atoms with Crippen LogP contribution in [0.15, 0.2) is 24.5 Å². The molecule has 39 heavy (non-hydrogen) atoms. The Morgan fingerprint density at radius 1 is 1.00 bits per heavy atom. The lowest BCUT2D eigenvalue weighted by molar-refractivity contribution is 0.0488. The topological polar surface area (TPSA) is 118 Å². The quantitative estimate of drug-likeness (QED) is 0.364. The summed E-state index contributed by atoms with van der Waals surface area (Å²) in [7, 11) is 0. The molecule has 0 bridgehead atoms. The Balaban J connectivity index is 1.30. The minimum absolute atomic E-state index is 0.0269. The third kappa shape index (κ3) is 6.52. The predicted molar refractivity (Wildman–Crippen MR) is 150 cm³/mol. The molecule has 9 nitrogen and oxygen atoms in total. The van der Waals surface area contributed by atoms with Crippen molar-refractivity contribution in [2.75, 3.05) is 6.61 Å². The molecule has 2 fully saturated rings. The Kier molecular flexibility index (Phi) is 7.51. The van der Waals surface area contributed by atoms with Crippen LogP contribution in [0.4, 0.5) is 4.79 Å². The molecular formula is C30H39N5O4. The molecule has 2 saturated carbocycles. The summed E-state index contributed by atoms with van der Waals surface area (Å²) in [6.45, 7) is 10.2. The summed E-state index contributed by atoms with van der Waals surface area (Å²) in [6.07, 6.45) is 6.67. The lowest BCUT2D eigenvalue weighted by Crippen LogP contribution is -2.45. The molecule has 1 aromatic carbocycles. The second-order valence-electron chi connectivity index (χ2n) is 12.0. The maximum atomic E-state index is 13.5. The summed E-state index contributed by atoms with van der Waals surface area (Å²) in [4.78, 5) is 38.1. The van der Waals surface area contributed by atoms with Gasteiger partial charge >= 0.3 is 6.09 Å². The van der Waals surface area contributed by atoms with Crippen LogP contribution in [0.3, 0.4) is 0 Å². The Morgan fingerprint density at radius 2 is 1.69 bits per heavy atom. The van der Waals surface area contributed by atoms with E-state index in [0.717, 1.165) is 59.5 Å². The van der Waals surface area contributed by atoms with Crippen LogP contribution in [0.5, 0.6) is 5.75 Å². The molecule has 2 aliphatic carbocycles. The van der Waals surface area contributed by atoms with E-state index in [1.54, 1.807) is 0 Å². The normalized spacial score (nSPS) is 19.5. The molecule has 0 atom stereocenters. The third-order valence-electron chi connectivity index (χ3n) is 7.34. The number of H-pyrrole nitrogens is 1. The van der Waals surface area contributed by atoms with Gasteiger partial charge in [-0.2, -0.15) is 0 Å². The van der Waals surface area contributed by atoms with E-state index < -0.39 is 11.7 Å². The molecule has 5 rings (SSSR count). The van der Waals surface area contributed by atoms with E-state index in [9.17, 15) is 9.59 Å². The number of ether oxygens (including phenoxy) is 2. The highest BCUT2D eigenvalue weighted by Crippen LogP contribution is 2.37. The number of carbonyl (C=O) groups is 2. The van der Waals surface area contributed by atoms with Crippen LogP contribution < -0.4 is 15.4 Å². The largest absolute Gasteiger partial charge is 0.493 e. The van der Waals surface area contributed by atoms with E-state index in [4.69, 9.17) is 9.47 Å². The minimum atomic E-state index is -0.527. The van der Waals surface area contributed by atoms with Crippen LogP contribution in [-0.2, 0) is 4.74 Å². The van der Waals surface area contributed by atoms with Gasteiger partial charge in [0.2, 0.25) is 0 Å². The van der Waals surface area contributed by atoms with E-state index in [1.165, 1.54) is 19.2 Å². The number of nitrogens with zero attached hydrogens (tertiary/aromatic N) is 2. The molecule has 9 heteroatoms. The monoisotopic (exact) mass is 533 g/mol. The Bertz CT molecular complexity index is 1360. The van der Waals surface area contributed by atoms with Gasteiger partial charge in [0.15, 0.2) is 0 Å². The summed E-state index contributed by atoms with van der Waals surface area (Å²) in [6, 6.07) is 6.19. The molecule has 2 amide bonds. The number of alkyl carbamates (subject to hydrolysis) is 1. The zero-order chi connectivity index (χ0) is 27.7. The number of hydrogen-bond donors (Lipinski definition) is 3. The molecule has 3 N–H and O–H groups in total. The van der Waals surface area contributed by atoms with Crippen molar-refractivity contribution < 1.29 is 19.1 Å². The molecule has 0 radical (unpaired) electrons. The molecule has 0 unspecified atom stereocenters. The van der Waals surface area contributed by atoms with Crippen LogP contribution >= 0.6 is 0 Å². The van der Waals surface area contributed by atoms with Gasteiger partial charge in [-0.15, -0.1) is 0 Å². The average Bonchev–Trinajstić information content (AvgIpc) is 3.62. The predicted octanol–water partition coefficient (Wildman–Crippen LogP) is 5.60. The minimum Gasteiger partial charge on any atom is -0.493 e. The number of amides is 2. The summed E-state index contributed by atoms with van der Waals surface area (Å²) in [5, 5.41) is 6.15. The molecule has 2 aromatic heterocycles. The van der Waals surface area contributed by atoms with Gasteiger partial charge in [0.25, 0.3) is 5.91 Å². The number of aryl methyl sites for hydroxylation is 2. The molecule has 208 valence electrons. The lowest BCUT2D eigenvalue weighted by atomic mass is 9.91. The number of aromatic amines is 1. The maximum Gasteiger partial charge on any atom is 0.407 e. The number of rotatable bonds is 7. The first kappa shape index (κ1) is 27.0. The van der Waals surface area contributed by atoms with Gasteiger partial charge in [0, 0.05) is 23.3 Å². The number of benzene rings is 1.